The fourth-order valence-electron chi connectivity index (χ4n) is 3.25. The summed E-state index contributed by atoms with van der Waals surface area (Å²) in [6.07, 6.45) is 1.92. The monoisotopic (exact) mass is 411 g/mol. The molecule has 0 aliphatic carbocycles. The summed E-state index contributed by atoms with van der Waals surface area (Å²) in [5.74, 6) is 0.588. The van der Waals surface area contributed by atoms with Crippen LogP contribution in [0.3, 0.4) is 0 Å². The van der Waals surface area contributed by atoms with E-state index in [0.717, 1.165) is 30.9 Å². The van der Waals surface area contributed by atoms with Crippen molar-refractivity contribution >= 4 is 33.3 Å². The second-order valence-corrected chi connectivity index (χ2v) is 7.56. The molecule has 0 bridgehead atoms. The molecule has 10 heteroatoms. The first kappa shape index (κ1) is 19.2. The Kier molecular flexibility index (Phi) is 5.92. The molecule has 9 nitrogen and oxygen atoms in total. The van der Waals surface area contributed by atoms with Crippen LogP contribution in [0.4, 0.5) is 16.1 Å². The van der Waals surface area contributed by atoms with Gasteiger partial charge < -0.3 is 15.0 Å². The molecule has 2 N–H and O–H groups in total. The second-order valence-electron chi connectivity index (χ2n) is 6.59. The fraction of sp³-hybridized carbons (Fsp3) is 0.316. The standard InChI is InChI=1S/C19H21N7O2S/c1-28-16(13-6-3-2-4-7-13)17(27)22-19-25-24-18(29-19)21-14-9-11-26(12-14)15-8-5-10-20-23-15/h2-8,10,14,16H,9,11-12H2,1H3,(H,21,24)(H,22,25,27)/t14-,16?/m1/s1. The van der Waals surface area contributed by atoms with Gasteiger partial charge in [-0.05, 0) is 24.1 Å². The van der Waals surface area contributed by atoms with Crippen molar-refractivity contribution < 1.29 is 9.53 Å². The molecule has 1 aliphatic rings. The van der Waals surface area contributed by atoms with Crippen molar-refractivity contribution in [3.63, 3.8) is 0 Å². The molecule has 0 saturated carbocycles. The van der Waals surface area contributed by atoms with E-state index in [4.69, 9.17) is 4.74 Å². The summed E-state index contributed by atoms with van der Waals surface area (Å²) in [4.78, 5) is 14.7. The molecule has 2 atom stereocenters. The van der Waals surface area contributed by atoms with Crippen LogP contribution in [0.5, 0.6) is 0 Å². The normalized spacial score (nSPS) is 17.1. The van der Waals surface area contributed by atoms with Gasteiger partial charge in [0.2, 0.25) is 10.3 Å². The van der Waals surface area contributed by atoms with Gasteiger partial charge >= 0.3 is 0 Å². The van der Waals surface area contributed by atoms with Crippen molar-refractivity contribution in [3.8, 4) is 0 Å². The van der Waals surface area contributed by atoms with E-state index < -0.39 is 6.10 Å². The van der Waals surface area contributed by atoms with Crippen LogP contribution in [-0.4, -0.2) is 52.5 Å². The van der Waals surface area contributed by atoms with Gasteiger partial charge in [-0.2, -0.15) is 5.10 Å². The van der Waals surface area contributed by atoms with Gasteiger partial charge in [0.15, 0.2) is 11.9 Å². The van der Waals surface area contributed by atoms with Gasteiger partial charge in [-0.25, -0.2) is 0 Å². The Labute approximate surface area is 172 Å². The second kappa shape index (κ2) is 8.93. The Morgan fingerprint density at radius 1 is 1.17 bits per heavy atom. The smallest absolute Gasteiger partial charge is 0.259 e. The highest BCUT2D eigenvalue weighted by Crippen LogP contribution is 2.26. The number of carbonyl (C=O) groups is 1. The van der Waals surface area contributed by atoms with Crippen molar-refractivity contribution in [1.82, 2.24) is 20.4 Å². The molecule has 3 aromatic rings. The van der Waals surface area contributed by atoms with Gasteiger partial charge in [0.05, 0.1) is 0 Å². The molecule has 1 aromatic carbocycles. The highest BCUT2D eigenvalue weighted by molar-refractivity contribution is 7.19. The predicted molar refractivity (Wildman–Crippen MR) is 111 cm³/mol. The van der Waals surface area contributed by atoms with Crippen molar-refractivity contribution in [2.24, 2.45) is 0 Å². The third kappa shape index (κ3) is 4.66. The maximum Gasteiger partial charge on any atom is 0.259 e. The zero-order valence-electron chi connectivity index (χ0n) is 15.9. The Morgan fingerprint density at radius 3 is 2.76 bits per heavy atom. The first-order valence-corrected chi connectivity index (χ1v) is 10.1. The van der Waals surface area contributed by atoms with Crippen molar-refractivity contribution in [1.29, 1.82) is 0 Å². The van der Waals surface area contributed by atoms with Gasteiger partial charge in [0.1, 0.15) is 0 Å². The average Bonchev–Trinajstić information content (AvgIpc) is 3.40. The third-order valence-corrected chi connectivity index (χ3v) is 5.40. The minimum Gasteiger partial charge on any atom is -0.367 e. The molecular formula is C19H21N7O2S. The maximum atomic E-state index is 12.6. The van der Waals surface area contributed by atoms with Crippen LogP contribution in [0.15, 0.2) is 48.7 Å². The van der Waals surface area contributed by atoms with E-state index in [1.807, 2.05) is 42.5 Å². The molecule has 1 fully saturated rings. The highest BCUT2D eigenvalue weighted by atomic mass is 32.1. The molecule has 1 amide bonds. The van der Waals surface area contributed by atoms with Gasteiger partial charge in [-0.15, -0.1) is 15.3 Å². The molecule has 29 heavy (non-hydrogen) atoms. The van der Waals surface area contributed by atoms with Crippen LogP contribution in [0.2, 0.25) is 0 Å². The molecule has 1 aliphatic heterocycles. The minimum atomic E-state index is -0.702. The quantitative estimate of drug-likeness (QED) is 0.610. The van der Waals surface area contributed by atoms with E-state index in [1.165, 1.54) is 18.4 Å². The van der Waals surface area contributed by atoms with Crippen LogP contribution in [0.25, 0.3) is 0 Å². The lowest BCUT2D eigenvalue weighted by molar-refractivity contribution is -0.126. The Bertz CT molecular complexity index is 938. The van der Waals surface area contributed by atoms with E-state index in [9.17, 15) is 4.79 Å². The number of carbonyl (C=O) groups excluding carboxylic acids is 1. The summed E-state index contributed by atoms with van der Waals surface area (Å²) in [5, 5.41) is 23.6. The zero-order valence-corrected chi connectivity index (χ0v) is 16.7. The minimum absolute atomic E-state index is 0.226. The molecule has 2 aromatic heterocycles. The van der Waals surface area contributed by atoms with E-state index in [-0.39, 0.29) is 11.9 Å². The lowest BCUT2D eigenvalue weighted by atomic mass is 10.1. The number of benzene rings is 1. The first-order chi connectivity index (χ1) is 14.2. The summed E-state index contributed by atoms with van der Waals surface area (Å²) in [7, 11) is 1.51. The molecule has 1 saturated heterocycles. The Morgan fingerprint density at radius 2 is 2.00 bits per heavy atom. The predicted octanol–water partition coefficient (Wildman–Crippen LogP) is 2.35. The summed E-state index contributed by atoms with van der Waals surface area (Å²) in [6, 6.07) is 13.4. The van der Waals surface area contributed by atoms with E-state index in [1.54, 1.807) is 6.20 Å². The lowest BCUT2D eigenvalue weighted by Crippen LogP contribution is -2.26. The summed E-state index contributed by atoms with van der Waals surface area (Å²) in [5.41, 5.74) is 0.783. The molecular weight excluding hydrogens is 390 g/mol. The number of nitrogens with one attached hydrogen (secondary N) is 2. The number of methoxy groups -OCH3 is 1. The average molecular weight is 411 g/mol. The van der Waals surface area contributed by atoms with Crippen molar-refractivity contribution in [2.75, 3.05) is 35.7 Å². The van der Waals surface area contributed by atoms with Gasteiger partial charge in [-0.1, -0.05) is 41.7 Å². The molecule has 0 spiro atoms. The molecule has 4 rings (SSSR count). The number of nitrogens with zero attached hydrogens (tertiary/aromatic N) is 5. The first-order valence-electron chi connectivity index (χ1n) is 9.24. The zero-order chi connectivity index (χ0) is 20.1. The molecule has 0 radical (unpaired) electrons. The summed E-state index contributed by atoms with van der Waals surface area (Å²) < 4.78 is 5.35. The number of amides is 1. The maximum absolute atomic E-state index is 12.6. The fourth-order valence-corrected chi connectivity index (χ4v) is 3.97. The number of rotatable bonds is 7. The number of anilines is 3. The van der Waals surface area contributed by atoms with Crippen LogP contribution in [0, 0.1) is 0 Å². The lowest BCUT2D eigenvalue weighted by Gasteiger charge is -2.16. The van der Waals surface area contributed by atoms with Gasteiger partial charge in [0, 0.05) is 32.4 Å². The van der Waals surface area contributed by atoms with Crippen LogP contribution in [0.1, 0.15) is 18.1 Å². The molecule has 150 valence electrons. The summed E-state index contributed by atoms with van der Waals surface area (Å²) >= 11 is 1.30. The van der Waals surface area contributed by atoms with E-state index >= 15 is 0 Å². The van der Waals surface area contributed by atoms with Crippen LogP contribution >= 0.6 is 11.3 Å². The topological polar surface area (TPSA) is 105 Å². The largest absolute Gasteiger partial charge is 0.367 e. The highest BCUT2D eigenvalue weighted by Gasteiger charge is 2.25. The van der Waals surface area contributed by atoms with Crippen molar-refractivity contribution in [3.05, 3.63) is 54.2 Å². The SMILES string of the molecule is COC(C(=O)Nc1nnc(N[C@@H]2CCN(c3cccnn3)C2)s1)c1ccccc1. The van der Waals surface area contributed by atoms with E-state index in [0.29, 0.717) is 10.3 Å². The van der Waals surface area contributed by atoms with Gasteiger partial charge in [-0.3, -0.25) is 10.1 Å². The Hall–Kier alpha value is -3.11. The summed E-state index contributed by atoms with van der Waals surface area (Å²) in [6.45, 7) is 1.70. The third-order valence-electron chi connectivity index (χ3n) is 4.63. The Balaban J connectivity index is 1.33. The van der Waals surface area contributed by atoms with E-state index in [2.05, 4.69) is 35.9 Å². The molecule has 3 heterocycles. The number of aromatic nitrogens is 4. The van der Waals surface area contributed by atoms with Crippen molar-refractivity contribution in [2.45, 2.75) is 18.6 Å². The molecule has 1 unspecified atom stereocenters. The van der Waals surface area contributed by atoms with Gasteiger partial charge in [0.25, 0.3) is 5.91 Å². The van der Waals surface area contributed by atoms with Crippen LogP contribution in [-0.2, 0) is 9.53 Å². The van der Waals surface area contributed by atoms with Crippen LogP contribution < -0.4 is 15.5 Å². The number of ether oxygens (including phenoxy) is 1. The number of hydrogen-bond acceptors (Lipinski definition) is 9. The number of hydrogen-bond donors (Lipinski definition) is 2.